The zero-order valence-electron chi connectivity index (χ0n) is 11.2. The number of hydrogen-bond acceptors (Lipinski definition) is 3. The van der Waals surface area contributed by atoms with Crippen molar-refractivity contribution in [3.63, 3.8) is 0 Å². The highest BCUT2D eigenvalue weighted by molar-refractivity contribution is 5.96. The number of hydrogen-bond donors (Lipinski definition) is 1. The van der Waals surface area contributed by atoms with Crippen LogP contribution in [0.15, 0.2) is 0 Å². The molecule has 2 fully saturated rings. The van der Waals surface area contributed by atoms with Gasteiger partial charge in [0.05, 0.1) is 11.3 Å². The van der Waals surface area contributed by atoms with Crippen LogP contribution in [0.3, 0.4) is 0 Å². The first-order chi connectivity index (χ1) is 8.58. The van der Waals surface area contributed by atoms with Gasteiger partial charge in [0, 0.05) is 31.9 Å². The Labute approximate surface area is 107 Å². The van der Waals surface area contributed by atoms with Gasteiger partial charge in [-0.3, -0.25) is 9.48 Å². The van der Waals surface area contributed by atoms with Crippen molar-refractivity contribution < 1.29 is 4.79 Å². The van der Waals surface area contributed by atoms with Crippen LogP contribution >= 0.6 is 0 Å². The summed E-state index contributed by atoms with van der Waals surface area (Å²) in [6.45, 7) is 6.71. The topological polar surface area (TPSA) is 50.2 Å². The summed E-state index contributed by atoms with van der Waals surface area (Å²) >= 11 is 0. The fourth-order valence-corrected chi connectivity index (χ4v) is 3.26. The van der Waals surface area contributed by atoms with Crippen LogP contribution in [0.1, 0.15) is 28.2 Å². The summed E-state index contributed by atoms with van der Waals surface area (Å²) in [5.74, 6) is 0.792. The van der Waals surface area contributed by atoms with Crippen LogP contribution in [-0.4, -0.2) is 46.3 Å². The Balaban J connectivity index is 1.83. The van der Waals surface area contributed by atoms with E-state index in [9.17, 15) is 4.79 Å². The van der Waals surface area contributed by atoms with Gasteiger partial charge in [-0.2, -0.15) is 5.10 Å². The number of nitrogens with one attached hydrogen (secondary N) is 1. The molecular weight excluding hydrogens is 228 g/mol. The van der Waals surface area contributed by atoms with Gasteiger partial charge in [-0.1, -0.05) is 0 Å². The molecule has 0 bridgehead atoms. The summed E-state index contributed by atoms with van der Waals surface area (Å²) < 4.78 is 1.79. The number of fused-ring (bicyclic) bond motifs is 1. The Bertz CT molecular complexity index is 481. The minimum absolute atomic E-state index is 0.147. The van der Waals surface area contributed by atoms with Gasteiger partial charge in [-0.15, -0.1) is 0 Å². The molecule has 98 valence electrons. The van der Waals surface area contributed by atoms with Crippen molar-refractivity contribution >= 4 is 5.91 Å². The molecule has 1 aromatic rings. The fourth-order valence-electron chi connectivity index (χ4n) is 3.26. The lowest BCUT2D eigenvalue weighted by Gasteiger charge is -2.17. The molecule has 3 heterocycles. The molecule has 1 aromatic heterocycles. The predicted molar refractivity (Wildman–Crippen MR) is 68.5 cm³/mol. The van der Waals surface area contributed by atoms with Gasteiger partial charge in [0.25, 0.3) is 5.91 Å². The number of aromatic nitrogens is 2. The lowest BCUT2D eigenvalue weighted by atomic mass is 10.1. The molecule has 0 saturated carbocycles. The number of nitrogens with zero attached hydrogens (tertiary/aromatic N) is 3. The highest BCUT2D eigenvalue weighted by Crippen LogP contribution is 2.27. The first kappa shape index (κ1) is 11.7. The average molecular weight is 248 g/mol. The van der Waals surface area contributed by atoms with Gasteiger partial charge in [0.15, 0.2) is 0 Å². The van der Waals surface area contributed by atoms with Gasteiger partial charge < -0.3 is 10.2 Å². The van der Waals surface area contributed by atoms with Crippen molar-refractivity contribution in [3.05, 3.63) is 17.0 Å². The molecule has 5 nitrogen and oxygen atoms in total. The molecule has 0 unspecified atom stereocenters. The number of likely N-dealkylation sites (tertiary alicyclic amines) is 1. The number of carbonyl (C=O) groups is 1. The summed E-state index contributed by atoms with van der Waals surface area (Å²) in [6, 6.07) is 0.506. The summed E-state index contributed by atoms with van der Waals surface area (Å²) in [4.78, 5) is 14.6. The van der Waals surface area contributed by atoms with Gasteiger partial charge >= 0.3 is 0 Å². The molecular formula is C13H20N4O. The van der Waals surface area contributed by atoms with Crippen LogP contribution in [0.2, 0.25) is 0 Å². The molecule has 3 rings (SSSR count). The Morgan fingerprint density at radius 3 is 2.78 bits per heavy atom. The number of carbonyl (C=O) groups excluding carboxylic acids is 1. The molecule has 2 atom stereocenters. The zero-order chi connectivity index (χ0) is 12.9. The van der Waals surface area contributed by atoms with Crippen LogP contribution in [0.5, 0.6) is 0 Å². The van der Waals surface area contributed by atoms with E-state index in [1.165, 1.54) is 6.42 Å². The van der Waals surface area contributed by atoms with Gasteiger partial charge in [0.1, 0.15) is 0 Å². The quantitative estimate of drug-likeness (QED) is 0.786. The molecule has 0 aliphatic carbocycles. The Hall–Kier alpha value is -1.36. The molecule has 18 heavy (non-hydrogen) atoms. The first-order valence-corrected chi connectivity index (χ1v) is 6.60. The second-order valence-electron chi connectivity index (χ2n) is 5.49. The number of rotatable bonds is 1. The molecule has 0 aromatic carbocycles. The lowest BCUT2D eigenvalue weighted by Crippen LogP contribution is -2.34. The van der Waals surface area contributed by atoms with Crippen molar-refractivity contribution in [1.29, 1.82) is 0 Å². The van der Waals surface area contributed by atoms with Gasteiger partial charge in [-0.25, -0.2) is 0 Å². The van der Waals surface area contributed by atoms with Crippen molar-refractivity contribution in [2.75, 3.05) is 19.6 Å². The summed E-state index contributed by atoms with van der Waals surface area (Å²) in [6.07, 6.45) is 1.19. The molecule has 1 amide bonds. The van der Waals surface area contributed by atoms with E-state index in [1.807, 2.05) is 25.8 Å². The number of aryl methyl sites for hydroxylation is 2. The Morgan fingerprint density at radius 1 is 1.39 bits per heavy atom. The van der Waals surface area contributed by atoms with E-state index in [-0.39, 0.29) is 5.91 Å². The van der Waals surface area contributed by atoms with Crippen LogP contribution in [-0.2, 0) is 7.05 Å². The standard InChI is InChI=1S/C13H20N4O/c1-8-12(9(2)16(3)15-8)13(18)17-6-10-4-5-14-11(10)7-17/h10-11,14H,4-7H2,1-3H3/t10-,11+/m0/s1. The third-order valence-electron chi connectivity index (χ3n) is 4.37. The molecule has 2 aliphatic rings. The third kappa shape index (κ3) is 1.65. The van der Waals surface area contributed by atoms with Crippen LogP contribution < -0.4 is 5.32 Å². The van der Waals surface area contributed by atoms with E-state index < -0.39 is 0 Å². The maximum atomic E-state index is 12.6. The smallest absolute Gasteiger partial charge is 0.257 e. The monoisotopic (exact) mass is 248 g/mol. The minimum Gasteiger partial charge on any atom is -0.337 e. The summed E-state index contributed by atoms with van der Waals surface area (Å²) in [7, 11) is 1.89. The van der Waals surface area contributed by atoms with E-state index >= 15 is 0 Å². The molecule has 5 heteroatoms. The summed E-state index contributed by atoms with van der Waals surface area (Å²) in [5, 5.41) is 7.80. The van der Waals surface area contributed by atoms with E-state index in [0.717, 1.165) is 36.6 Å². The number of amides is 1. The van der Waals surface area contributed by atoms with E-state index in [0.29, 0.717) is 12.0 Å². The van der Waals surface area contributed by atoms with E-state index in [2.05, 4.69) is 10.4 Å². The second-order valence-corrected chi connectivity index (χ2v) is 5.49. The van der Waals surface area contributed by atoms with Crippen LogP contribution in [0, 0.1) is 19.8 Å². The SMILES string of the molecule is Cc1nn(C)c(C)c1C(=O)N1C[C@@H]2CCN[C@@H]2C1. The molecule has 2 saturated heterocycles. The zero-order valence-corrected chi connectivity index (χ0v) is 11.2. The molecule has 2 aliphatic heterocycles. The van der Waals surface area contributed by atoms with Gasteiger partial charge in [-0.05, 0) is 32.7 Å². The molecule has 1 N–H and O–H groups in total. The van der Waals surface area contributed by atoms with Crippen LogP contribution in [0.4, 0.5) is 0 Å². The highest BCUT2D eigenvalue weighted by Gasteiger charge is 2.39. The Morgan fingerprint density at radius 2 is 2.17 bits per heavy atom. The van der Waals surface area contributed by atoms with Crippen molar-refractivity contribution in [2.24, 2.45) is 13.0 Å². The minimum atomic E-state index is 0.147. The maximum Gasteiger partial charge on any atom is 0.257 e. The van der Waals surface area contributed by atoms with Crippen LogP contribution in [0.25, 0.3) is 0 Å². The molecule has 0 radical (unpaired) electrons. The highest BCUT2D eigenvalue weighted by atomic mass is 16.2. The van der Waals surface area contributed by atoms with E-state index in [4.69, 9.17) is 0 Å². The normalized spacial score (nSPS) is 26.7. The van der Waals surface area contributed by atoms with Crippen molar-refractivity contribution in [2.45, 2.75) is 26.3 Å². The first-order valence-electron chi connectivity index (χ1n) is 6.60. The maximum absolute atomic E-state index is 12.6. The molecule has 0 spiro atoms. The van der Waals surface area contributed by atoms with E-state index in [1.54, 1.807) is 4.68 Å². The summed E-state index contributed by atoms with van der Waals surface area (Å²) in [5.41, 5.74) is 2.59. The average Bonchev–Trinajstić information content (AvgIpc) is 2.93. The van der Waals surface area contributed by atoms with Crippen molar-refractivity contribution in [1.82, 2.24) is 20.0 Å². The predicted octanol–water partition coefficient (Wildman–Crippen LogP) is 0.471. The second kappa shape index (κ2) is 4.09. The van der Waals surface area contributed by atoms with Crippen molar-refractivity contribution in [3.8, 4) is 0 Å². The Kier molecular flexibility index (Phi) is 2.66. The fraction of sp³-hybridized carbons (Fsp3) is 0.692. The third-order valence-corrected chi connectivity index (χ3v) is 4.37. The van der Waals surface area contributed by atoms with Gasteiger partial charge in [0.2, 0.25) is 0 Å². The largest absolute Gasteiger partial charge is 0.337 e. The lowest BCUT2D eigenvalue weighted by molar-refractivity contribution is 0.0781.